The molecule has 1 saturated carbocycles. The van der Waals surface area contributed by atoms with Gasteiger partial charge in [0.2, 0.25) is 10.0 Å². The van der Waals surface area contributed by atoms with Gasteiger partial charge in [-0.2, -0.15) is 4.31 Å². The van der Waals surface area contributed by atoms with Crippen LogP contribution >= 0.6 is 11.6 Å². The molecule has 0 spiro atoms. The first kappa shape index (κ1) is 18.0. The Morgan fingerprint density at radius 2 is 1.96 bits per heavy atom. The van der Waals surface area contributed by atoms with E-state index in [9.17, 15) is 13.5 Å². The molecule has 1 aliphatic heterocycles. The number of hydrogen-bond acceptors (Lipinski definition) is 4. The first-order valence-corrected chi connectivity index (χ1v) is 10.3. The normalized spacial score (nSPS) is 26.6. The van der Waals surface area contributed by atoms with Crippen molar-refractivity contribution in [1.29, 1.82) is 0 Å². The fourth-order valence-corrected chi connectivity index (χ4v) is 6.06. The molecule has 24 heavy (non-hydrogen) atoms. The summed E-state index contributed by atoms with van der Waals surface area (Å²) in [5.74, 6) is 0.778. The van der Waals surface area contributed by atoms with Crippen molar-refractivity contribution in [3.63, 3.8) is 0 Å². The van der Waals surface area contributed by atoms with Crippen molar-refractivity contribution in [3.8, 4) is 5.75 Å². The summed E-state index contributed by atoms with van der Waals surface area (Å²) >= 11 is 6.10. The fraction of sp³-hybridized carbons (Fsp3) is 0.647. The summed E-state index contributed by atoms with van der Waals surface area (Å²) in [5, 5.41) is 10.4. The van der Waals surface area contributed by atoms with Gasteiger partial charge in [-0.15, -0.1) is 0 Å². The second-order valence-corrected chi connectivity index (χ2v) is 9.02. The van der Waals surface area contributed by atoms with Crippen molar-refractivity contribution < 1.29 is 18.3 Å². The molecule has 1 N–H and O–H groups in total. The third-order valence-electron chi connectivity index (χ3n) is 5.20. The standard InChI is InChI=1S/C17H24ClNO4S/c1-23-17-8-7-14(10-15(17)18)24(21,22)19-11-13(20)9-16(19)12-5-3-2-4-6-12/h7-8,10,12-13,16,20H,2-6,9,11H2,1H3/t13-,16+/m1/s1. The smallest absolute Gasteiger partial charge is 0.243 e. The largest absolute Gasteiger partial charge is 0.495 e. The van der Waals surface area contributed by atoms with Gasteiger partial charge in [-0.3, -0.25) is 0 Å². The SMILES string of the molecule is COc1ccc(S(=O)(=O)N2C[C@H](O)C[C@H]2C2CCCCC2)cc1Cl. The number of sulfonamides is 1. The van der Waals surface area contributed by atoms with Gasteiger partial charge in [0.15, 0.2) is 0 Å². The maximum Gasteiger partial charge on any atom is 0.243 e. The van der Waals surface area contributed by atoms with Gasteiger partial charge < -0.3 is 9.84 Å². The van der Waals surface area contributed by atoms with E-state index < -0.39 is 16.1 Å². The van der Waals surface area contributed by atoms with E-state index in [1.54, 1.807) is 6.07 Å². The number of methoxy groups -OCH3 is 1. The van der Waals surface area contributed by atoms with Crippen LogP contribution in [0.5, 0.6) is 5.75 Å². The lowest BCUT2D eigenvalue weighted by Gasteiger charge is -2.33. The highest BCUT2D eigenvalue weighted by Gasteiger charge is 2.43. The summed E-state index contributed by atoms with van der Waals surface area (Å²) in [7, 11) is -2.19. The highest BCUT2D eigenvalue weighted by molar-refractivity contribution is 7.89. The van der Waals surface area contributed by atoms with Crippen molar-refractivity contribution in [3.05, 3.63) is 23.2 Å². The zero-order valence-electron chi connectivity index (χ0n) is 13.8. The fourth-order valence-electron chi connectivity index (χ4n) is 3.98. The second-order valence-electron chi connectivity index (χ2n) is 6.73. The van der Waals surface area contributed by atoms with Crippen LogP contribution in [0.1, 0.15) is 38.5 Å². The second kappa shape index (κ2) is 7.20. The average molecular weight is 374 g/mol. The number of aliphatic hydroxyl groups is 1. The average Bonchev–Trinajstić information content (AvgIpc) is 2.98. The number of rotatable bonds is 4. The molecule has 3 rings (SSSR count). The van der Waals surface area contributed by atoms with Crippen molar-refractivity contribution >= 4 is 21.6 Å². The molecular formula is C17H24ClNO4S. The topological polar surface area (TPSA) is 66.8 Å². The van der Waals surface area contributed by atoms with Crippen LogP contribution in [0, 0.1) is 5.92 Å². The molecule has 1 saturated heterocycles. The lowest BCUT2D eigenvalue weighted by molar-refractivity contribution is 0.185. The molecule has 0 amide bonds. The predicted octanol–water partition coefficient (Wildman–Crippen LogP) is 3.05. The Morgan fingerprint density at radius 1 is 1.25 bits per heavy atom. The number of halogens is 1. The Kier molecular flexibility index (Phi) is 5.39. The Hall–Kier alpha value is -0.820. The van der Waals surface area contributed by atoms with E-state index in [0.717, 1.165) is 25.7 Å². The quantitative estimate of drug-likeness (QED) is 0.880. The Morgan fingerprint density at radius 3 is 2.58 bits per heavy atom. The summed E-state index contributed by atoms with van der Waals surface area (Å²) in [6.07, 6.45) is 5.49. The third-order valence-corrected chi connectivity index (χ3v) is 7.38. The molecule has 0 radical (unpaired) electrons. The van der Waals surface area contributed by atoms with Gasteiger partial charge in [0.1, 0.15) is 5.75 Å². The van der Waals surface area contributed by atoms with Crippen LogP contribution in [0.2, 0.25) is 5.02 Å². The first-order valence-electron chi connectivity index (χ1n) is 8.47. The molecule has 2 atom stereocenters. The number of hydrogen-bond donors (Lipinski definition) is 1. The van der Waals surface area contributed by atoms with Crippen molar-refractivity contribution in [2.75, 3.05) is 13.7 Å². The van der Waals surface area contributed by atoms with E-state index >= 15 is 0 Å². The van der Waals surface area contributed by atoms with E-state index in [-0.39, 0.29) is 22.5 Å². The van der Waals surface area contributed by atoms with Crippen LogP contribution in [-0.2, 0) is 10.0 Å². The van der Waals surface area contributed by atoms with Gasteiger partial charge in [-0.1, -0.05) is 30.9 Å². The molecule has 0 bridgehead atoms. The molecule has 2 aliphatic rings. The summed E-state index contributed by atoms with van der Waals surface area (Å²) in [5.41, 5.74) is 0. The van der Waals surface area contributed by atoms with E-state index in [2.05, 4.69) is 0 Å². The Labute approximate surface area is 148 Å². The number of nitrogens with zero attached hydrogens (tertiary/aromatic N) is 1. The van der Waals surface area contributed by atoms with Crippen LogP contribution in [0.15, 0.2) is 23.1 Å². The van der Waals surface area contributed by atoms with E-state index in [4.69, 9.17) is 16.3 Å². The molecule has 0 aromatic heterocycles. The number of β-amino-alcohol motifs (C(OH)–C–C–N with tert-alkyl or cyclic N) is 1. The van der Waals surface area contributed by atoms with Crippen LogP contribution in [0.3, 0.4) is 0 Å². The molecular weight excluding hydrogens is 350 g/mol. The van der Waals surface area contributed by atoms with Gasteiger partial charge >= 0.3 is 0 Å². The van der Waals surface area contributed by atoms with Gasteiger partial charge in [-0.25, -0.2) is 8.42 Å². The lowest BCUT2D eigenvalue weighted by Crippen LogP contribution is -2.40. The minimum atomic E-state index is -3.68. The van der Waals surface area contributed by atoms with Crippen molar-refractivity contribution in [1.82, 2.24) is 4.31 Å². The Balaban J connectivity index is 1.90. The minimum absolute atomic E-state index is 0.119. The maximum atomic E-state index is 13.1. The van der Waals surface area contributed by atoms with Crippen LogP contribution in [0.25, 0.3) is 0 Å². The maximum absolute atomic E-state index is 13.1. The van der Waals surface area contributed by atoms with Crippen molar-refractivity contribution in [2.24, 2.45) is 5.92 Å². The highest BCUT2D eigenvalue weighted by Crippen LogP contribution is 2.38. The monoisotopic (exact) mass is 373 g/mol. The zero-order valence-corrected chi connectivity index (χ0v) is 15.4. The van der Waals surface area contributed by atoms with E-state index in [1.807, 2.05) is 0 Å². The number of ether oxygens (including phenoxy) is 1. The Bertz CT molecular complexity index is 688. The summed E-state index contributed by atoms with van der Waals surface area (Å²) in [4.78, 5) is 0.156. The molecule has 7 heteroatoms. The summed E-state index contributed by atoms with van der Waals surface area (Å²) in [6, 6.07) is 4.39. The molecule has 5 nitrogen and oxygen atoms in total. The molecule has 1 heterocycles. The molecule has 2 fully saturated rings. The van der Waals surface area contributed by atoms with Gasteiger partial charge in [-0.05, 0) is 43.4 Å². The van der Waals surface area contributed by atoms with E-state index in [1.165, 1.54) is 30.0 Å². The van der Waals surface area contributed by atoms with Gasteiger partial charge in [0.25, 0.3) is 0 Å². The highest BCUT2D eigenvalue weighted by atomic mass is 35.5. The molecule has 1 aromatic rings. The molecule has 134 valence electrons. The van der Waals surface area contributed by atoms with E-state index in [0.29, 0.717) is 18.1 Å². The molecule has 0 unspecified atom stereocenters. The number of aliphatic hydroxyl groups excluding tert-OH is 1. The number of benzene rings is 1. The predicted molar refractivity (Wildman–Crippen MR) is 92.9 cm³/mol. The third kappa shape index (κ3) is 3.43. The van der Waals surface area contributed by atoms with Crippen LogP contribution in [0.4, 0.5) is 0 Å². The minimum Gasteiger partial charge on any atom is -0.495 e. The summed E-state index contributed by atoms with van der Waals surface area (Å²) < 4.78 is 32.8. The zero-order chi connectivity index (χ0) is 17.3. The van der Waals surface area contributed by atoms with Crippen LogP contribution in [-0.4, -0.2) is 43.6 Å². The van der Waals surface area contributed by atoms with Gasteiger partial charge in [0.05, 0.1) is 23.1 Å². The van der Waals surface area contributed by atoms with Crippen LogP contribution < -0.4 is 4.74 Å². The first-order chi connectivity index (χ1) is 11.4. The summed E-state index contributed by atoms with van der Waals surface area (Å²) in [6.45, 7) is 0.160. The molecule has 1 aliphatic carbocycles. The lowest BCUT2D eigenvalue weighted by atomic mass is 9.83. The van der Waals surface area contributed by atoms with Crippen molar-refractivity contribution in [2.45, 2.75) is 55.6 Å². The van der Waals surface area contributed by atoms with Gasteiger partial charge in [0, 0.05) is 12.6 Å². The molecule has 1 aromatic carbocycles.